The topological polar surface area (TPSA) is 77.1 Å². The molecule has 3 aromatic carbocycles. The molecule has 7 nitrogen and oxygen atoms in total. The van der Waals surface area contributed by atoms with E-state index in [1.807, 2.05) is 0 Å². The molecule has 2 amide bonds. The zero-order valence-electron chi connectivity index (χ0n) is 23.9. The summed E-state index contributed by atoms with van der Waals surface area (Å²) in [5.74, 6) is -3.05. The monoisotopic (exact) mass is 652 g/mol. The maximum atomic E-state index is 14.7. The standard InChI is InChI=1S/C29H25F9N2O5/c1-5-40(25(42)17-9-6-7-12-20(17)43-3)19-11-8-10-18(23(19)44-4)24(41)39-22-15(2)13-16(14-21(22)45-26(30)31)27(32,28(33,34)35)29(36,37)38/h6-14,26H,5H2,1-4H3,(H,39,41). The second-order valence-electron chi connectivity index (χ2n) is 9.26. The summed E-state index contributed by atoms with van der Waals surface area (Å²) in [6.07, 6.45) is -13.1. The van der Waals surface area contributed by atoms with Gasteiger partial charge in [-0.3, -0.25) is 9.59 Å². The molecule has 0 spiro atoms. The van der Waals surface area contributed by atoms with Crippen molar-refractivity contribution in [3.8, 4) is 17.2 Å². The highest BCUT2D eigenvalue weighted by molar-refractivity contribution is 6.12. The minimum Gasteiger partial charge on any atom is -0.496 e. The molecule has 1 N–H and O–H groups in total. The Hall–Kier alpha value is -4.63. The van der Waals surface area contributed by atoms with E-state index in [2.05, 4.69) is 10.1 Å². The van der Waals surface area contributed by atoms with Crippen molar-refractivity contribution >= 4 is 23.2 Å². The Morgan fingerprint density at radius 3 is 1.98 bits per heavy atom. The molecule has 0 atom stereocenters. The highest BCUT2D eigenvalue weighted by Gasteiger charge is 2.73. The summed E-state index contributed by atoms with van der Waals surface area (Å²) >= 11 is 0. The third kappa shape index (κ3) is 6.73. The molecule has 244 valence electrons. The quantitative estimate of drug-likeness (QED) is 0.226. The third-order valence-electron chi connectivity index (χ3n) is 6.57. The smallest absolute Gasteiger partial charge is 0.435 e. The Morgan fingerprint density at radius 2 is 1.44 bits per heavy atom. The number of anilines is 2. The van der Waals surface area contributed by atoms with E-state index in [-0.39, 0.29) is 47.0 Å². The van der Waals surface area contributed by atoms with Crippen LogP contribution in [0, 0.1) is 6.92 Å². The maximum absolute atomic E-state index is 14.7. The van der Waals surface area contributed by atoms with Crippen LogP contribution in [-0.4, -0.2) is 51.5 Å². The van der Waals surface area contributed by atoms with E-state index in [4.69, 9.17) is 9.47 Å². The van der Waals surface area contributed by atoms with Crippen LogP contribution in [0.4, 0.5) is 50.9 Å². The number of amides is 2. The molecule has 0 aliphatic rings. The Labute approximate surface area is 250 Å². The summed E-state index contributed by atoms with van der Waals surface area (Å²) < 4.78 is 136. The lowest BCUT2D eigenvalue weighted by Crippen LogP contribution is -2.50. The molecule has 0 radical (unpaired) electrons. The predicted octanol–water partition coefficient (Wildman–Crippen LogP) is 7.82. The van der Waals surface area contributed by atoms with E-state index in [1.165, 1.54) is 36.3 Å². The molecule has 45 heavy (non-hydrogen) atoms. The second-order valence-corrected chi connectivity index (χ2v) is 9.26. The molecule has 0 aromatic heterocycles. The minimum atomic E-state index is -6.54. The Kier molecular flexibility index (Phi) is 10.2. The first-order valence-corrected chi connectivity index (χ1v) is 12.8. The van der Waals surface area contributed by atoms with Gasteiger partial charge in [0, 0.05) is 12.1 Å². The average Bonchev–Trinajstić information content (AvgIpc) is 2.96. The number of alkyl halides is 9. The SMILES string of the molecule is CCN(C(=O)c1ccccc1OC)c1cccc(C(=O)Nc2c(C)cc(C(F)(C(F)(F)F)C(F)(F)F)cc2OC(F)F)c1OC. The zero-order valence-corrected chi connectivity index (χ0v) is 23.9. The number of ether oxygens (including phenoxy) is 3. The van der Waals surface area contributed by atoms with Gasteiger partial charge >= 0.3 is 24.6 Å². The van der Waals surface area contributed by atoms with Gasteiger partial charge in [-0.05, 0) is 55.8 Å². The fraction of sp³-hybridized carbons (Fsp3) is 0.310. The van der Waals surface area contributed by atoms with Gasteiger partial charge in [0.2, 0.25) is 0 Å². The number of nitrogens with one attached hydrogen (secondary N) is 1. The predicted molar refractivity (Wildman–Crippen MR) is 144 cm³/mol. The number of methoxy groups -OCH3 is 2. The van der Waals surface area contributed by atoms with Crippen LogP contribution in [0.5, 0.6) is 17.2 Å². The number of aryl methyl sites for hydroxylation is 1. The molecule has 16 heteroatoms. The van der Waals surface area contributed by atoms with E-state index in [1.54, 1.807) is 25.1 Å². The summed E-state index contributed by atoms with van der Waals surface area (Å²) in [6.45, 7) is -1.28. The van der Waals surface area contributed by atoms with Crippen LogP contribution in [0.1, 0.15) is 38.8 Å². The van der Waals surface area contributed by atoms with E-state index < -0.39 is 59.0 Å². The maximum Gasteiger partial charge on any atom is 0.435 e. The number of benzene rings is 3. The first-order valence-electron chi connectivity index (χ1n) is 12.8. The van der Waals surface area contributed by atoms with Gasteiger partial charge < -0.3 is 24.4 Å². The van der Waals surface area contributed by atoms with E-state index >= 15 is 0 Å². The summed E-state index contributed by atoms with van der Waals surface area (Å²) in [6, 6.07) is 10.1. The van der Waals surface area contributed by atoms with Gasteiger partial charge in [0.05, 0.1) is 36.7 Å². The zero-order chi connectivity index (χ0) is 33.9. The van der Waals surface area contributed by atoms with Crippen molar-refractivity contribution < 1.29 is 63.3 Å². The first-order chi connectivity index (χ1) is 20.9. The second kappa shape index (κ2) is 13.2. The van der Waals surface area contributed by atoms with Gasteiger partial charge in [0.25, 0.3) is 11.8 Å². The molecule has 0 heterocycles. The lowest BCUT2D eigenvalue weighted by atomic mass is 9.92. The molecule has 3 rings (SSSR count). The normalized spacial score (nSPS) is 12.1. The number of para-hydroxylation sites is 2. The van der Waals surface area contributed by atoms with Crippen molar-refractivity contribution in [1.29, 1.82) is 0 Å². The van der Waals surface area contributed by atoms with E-state index in [9.17, 15) is 49.1 Å². The lowest BCUT2D eigenvalue weighted by molar-refractivity contribution is -0.348. The average molecular weight is 653 g/mol. The molecular weight excluding hydrogens is 627 g/mol. The highest BCUT2D eigenvalue weighted by Crippen LogP contribution is 2.54. The summed E-state index contributed by atoms with van der Waals surface area (Å²) in [5, 5.41) is 2.11. The number of rotatable bonds is 10. The summed E-state index contributed by atoms with van der Waals surface area (Å²) in [7, 11) is 2.51. The van der Waals surface area contributed by atoms with Crippen molar-refractivity contribution in [2.75, 3.05) is 31.0 Å². The molecule has 0 saturated heterocycles. The third-order valence-corrected chi connectivity index (χ3v) is 6.57. The van der Waals surface area contributed by atoms with Gasteiger partial charge in [0.1, 0.15) is 11.5 Å². The fourth-order valence-corrected chi connectivity index (χ4v) is 4.49. The van der Waals surface area contributed by atoms with Gasteiger partial charge in [-0.25, -0.2) is 4.39 Å². The highest BCUT2D eigenvalue weighted by atomic mass is 19.4. The van der Waals surface area contributed by atoms with E-state index in [0.717, 1.165) is 14.0 Å². The molecule has 0 unspecified atom stereocenters. The number of hydrogen-bond acceptors (Lipinski definition) is 5. The molecule has 0 aliphatic heterocycles. The van der Waals surface area contributed by atoms with Crippen LogP contribution in [0.3, 0.4) is 0 Å². The van der Waals surface area contributed by atoms with Crippen molar-refractivity contribution in [3.05, 3.63) is 76.9 Å². The molecule has 0 saturated carbocycles. The molecule has 0 bridgehead atoms. The van der Waals surface area contributed by atoms with Gasteiger partial charge in [-0.1, -0.05) is 18.2 Å². The van der Waals surface area contributed by atoms with Crippen LogP contribution in [0.2, 0.25) is 0 Å². The number of carbonyl (C=O) groups is 2. The summed E-state index contributed by atoms with van der Waals surface area (Å²) in [5.41, 5.74) is -9.60. The van der Waals surface area contributed by atoms with Crippen LogP contribution in [0.25, 0.3) is 0 Å². The van der Waals surface area contributed by atoms with Crippen molar-refractivity contribution in [2.24, 2.45) is 0 Å². The number of carbonyl (C=O) groups excluding carboxylic acids is 2. The largest absolute Gasteiger partial charge is 0.496 e. The lowest BCUT2D eigenvalue weighted by Gasteiger charge is -2.31. The van der Waals surface area contributed by atoms with Gasteiger partial charge in [-0.15, -0.1) is 0 Å². The Balaban J connectivity index is 2.12. The molecule has 0 aliphatic carbocycles. The Morgan fingerprint density at radius 1 is 0.844 bits per heavy atom. The van der Waals surface area contributed by atoms with Crippen LogP contribution < -0.4 is 24.4 Å². The van der Waals surface area contributed by atoms with E-state index in [0.29, 0.717) is 0 Å². The molecule has 0 fully saturated rings. The first kappa shape index (κ1) is 34.9. The van der Waals surface area contributed by atoms with Crippen molar-refractivity contribution in [1.82, 2.24) is 0 Å². The molecular formula is C29H25F9N2O5. The fourth-order valence-electron chi connectivity index (χ4n) is 4.49. The molecule has 3 aromatic rings. The van der Waals surface area contributed by atoms with Crippen LogP contribution in [-0.2, 0) is 5.67 Å². The number of nitrogens with zero attached hydrogens (tertiary/aromatic N) is 1. The van der Waals surface area contributed by atoms with Crippen molar-refractivity contribution in [2.45, 2.75) is 38.5 Å². The van der Waals surface area contributed by atoms with Crippen molar-refractivity contribution in [3.63, 3.8) is 0 Å². The number of halogens is 9. The Bertz CT molecular complexity index is 1540. The van der Waals surface area contributed by atoms with Crippen LogP contribution in [0.15, 0.2) is 54.6 Å². The van der Waals surface area contributed by atoms with Gasteiger partial charge in [-0.2, -0.15) is 35.1 Å². The number of hydrogen-bond donors (Lipinski definition) is 1. The van der Waals surface area contributed by atoms with Gasteiger partial charge in [0.15, 0.2) is 5.75 Å². The van der Waals surface area contributed by atoms with Crippen LogP contribution >= 0.6 is 0 Å². The minimum absolute atomic E-state index is 0.0503. The summed E-state index contributed by atoms with van der Waals surface area (Å²) in [4.78, 5) is 28.1.